The summed E-state index contributed by atoms with van der Waals surface area (Å²) in [4.78, 5) is 12.5. The van der Waals surface area contributed by atoms with E-state index in [0.717, 1.165) is 11.3 Å². The number of primary sulfonamides is 1. The van der Waals surface area contributed by atoms with Gasteiger partial charge in [-0.25, -0.2) is 22.0 Å². The predicted molar refractivity (Wildman–Crippen MR) is 121 cm³/mol. The minimum Gasteiger partial charge on any atom is -0.358 e. The van der Waals surface area contributed by atoms with E-state index in [-0.39, 0.29) is 42.5 Å². The van der Waals surface area contributed by atoms with Gasteiger partial charge in [0.15, 0.2) is 5.76 Å². The minimum atomic E-state index is -4.23. The van der Waals surface area contributed by atoms with Crippen molar-refractivity contribution in [3.05, 3.63) is 49.9 Å². The van der Waals surface area contributed by atoms with Gasteiger partial charge in [-0.3, -0.25) is 9.52 Å². The lowest BCUT2D eigenvalue weighted by Crippen LogP contribution is -2.21. The number of carbonyl (C=O) groups is 1. The van der Waals surface area contributed by atoms with Gasteiger partial charge in [-0.15, -0.1) is 11.3 Å². The maximum Gasteiger partial charge on any atom is 0.267 e. The number of benzene rings is 1. The minimum absolute atomic E-state index is 0.00349. The third-order valence-corrected chi connectivity index (χ3v) is 8.64. The average molecular weight is 519 g/mol. The number of nitrogens with one attached hydrogen (secondary N) is 2. The van der Waals surface area contributed by atoms with Crippen molar-refractivity contribution in [2.75, 3.05) is 10.0 Å². The zero-order valence-electron chi connectivity index (χ0n) is 17.3. The van der Waals surface area contributed by atoms with E-state index in [1.807, 2.05) is 0 Å². The van der Waals surface area contributed by atoms with E-state index in [1.165, 1.54) is 25.3 Å². The third-order valence-electron chi connectivity index (χ3n) is 4.57. The molecule has 3 aromatic rings. The molecular weight excluding hydrogens is 500 g/mol. The van der Waals surface area contributed by atoms with Crippen molar-refractivity contribution in [1.82, 2.24) is 5.16 Å². The number of aromatic nitrogens is 1. The molecule has 32 heavy (non-hydrogen) atoms. The summed E-state index contributed by atoms with van der Waals surface area (Å²) >= 11 is 6.86. The molecule has 0 saturated heterocycles. The molecule has 172 valence electrons. The molecule has 0 unspecified atom stereocenters. The van der Waals surface area contributed by atoms with Crippen LogP contribution in [0, 0.1) is 27.7 Å². The number of sulfonamides is 2. The number of amides is 1. The van der Waals surface area contributed by atoms with Crippen molar-refractivity contribution < 1.29 is 26.2 Å². The Labute approximate surface area is 193 Å². The van der Waals surface area contributed by atoms with Crippen LogP contribution in [0.25, 0.3) is 0 Å². The van der Waals surface area contributed by atoms with E-state index in [2.05, 4.69) is 15.2 Å². The van der Waals surface area contributed by atoms with E-state index in [1.54, 1.807) is 19.9 Å². The molecule has 4 N–H and O–H groups in total. The van der Waals surface area contributed by atoms with E-state index >= 15 is 0 Å². The first-order valence-electron chi connectivity index (χ1n) is 8.91. The summed E-state index contributed by atoms with van der Waals surface area (Å²) in [6.45, 7) is 6.30. The van der Waals surface area contributed by atoms with Gasteiger partial charge in [0.05, 0.1) is 4.90 Å². The maximum absolute atomic E-state index is 13.0. The monoisotopic (exact) mass is 518 g/mol. The number of carbonyl (C=O) groups excluding carboxylic acids is 1. The molecule has 10 nitrogen and oxygen atoms in total. The molecule has 0 fully saturated rings. The highest BCUT2D eigenvalue weighted by atomic mass is 35.5. The molecule has 0 bridgehead atoms. The lowest BCUT2D eigenvalue weighted by molar-refractivity contribution is 0.102. The quantitative estimate of drug-likeness (QED) is 0.450. The van der Waals surface area contributed by atoms with Gasteiger partial charge in [-0.05, 0) is 55.8 Å². The number of nitrogens with zero attached hydrogens (tertiary/aromatic N) is 1. The Morgan fingerprint density at radius 3 is 2.38 bits per heavy atom. The summed E-state index contributed by atoms with van der Waals surface area (Å²) in [6, 6.07) is 2.83. The molecule has 3 rings (SSSR count). The lowest BCUT2D eigenvalue weighted by Gasteiger charge is -2.17. The molecule has 1 amide bonds. The zero-order valence-corrected chi connectivity index (χ0v) is 20.5. The fraction of sp³-hybridized carbons (Fsp3) is 0.222. The molecule has 2 heterocycles. The fourth-order valence-corrected chi connectivity index (χ4v) is 6.79. The first-order valence-corrected chi connectivity index (χ1v) is 13.2. The summed E-state index contributed by atoms with van der Waals surface area (Å²) in [7, 11) is -8.27. The molecule has 14 heteroatoms. The molecule has 1 aromatic carbocycles. The molecule has 0 spiro atoms. The van der Waals surface area contributed by atoms with Crippen LogP contribution in [-0.4, -0.2) is 27.9 Å². The number of rotatable bonds is 6. The molecule has 0 atom stereocenters. The Morgan fingerprint density at radius 2 is 1.81 bits per heavy atom. The number of thiophene rings is 1. The van der Waals surface area contributed by atoms with Gasteiger partial charge in [0.25, 0.3) is 15.9 Å². The number of nitrogens with two attached hydrogens (primary N) is 1. The van der Waals surface area contributed by atoms with Crippen molar-refractivity contribution in [2.45, 2.75) is 37.5 Å². The van der Waals surface area contributed by atoms with Crippen LogP contribution >= 0.6 is 22.9 Å². The molecule has 0 aliphatic heterocycles. The Balaban J connectivity index is 1.99. The van der Waals surface area contributed by atoms with E-state index in [9.17, 15) is 21.6 Å². The second kappa shape index (κ2) is 8.48. The number of aryl methyl sites for hydroxylation is 3. The van der Waals surface area contributed by atoms with Crippen LogP contribution in [0.1, 0.15) is 32.1 Å². The van der Waals surface area contributed by atoms with Crippen LogP contribution in [0.4, 0.5) is 11.5 Å². The van der Waals surface area contributed by atoms with E-state index in [0.29, 0.717) is 11.1 Å². The van der Waals surface area contributed by atoms with Crippen LogP contribution in [0.2, 0.25) is 5.02 Å². The largest absolute Gasteiger partial charge is 0.358 e. The van der Waals surface area contributed by atoms with Gasteiger partial charge in [-0.1, -0.05) is 22.8 Å². The van der Waals surface area contributed by atoms with Crippen molar-refractivity contribution in [1.29, 1.82) is 0 Å². The third kappa shape index (κ3) is 4.52. The highest BCUT2D eigenvalue weighted by Crippen LogP contribution is 2.32. The second-order valence-electron chi connectivity index (χ2n) is 6.96. The summed E-state index contributed by atoms with van der Waals surface area (Å²) in [5.74, 6) is -0.716. The number of halogens is 1. The summed E-state index contributed by atoms with van der Waals surface area (Å²) in [5.41, 5.74) is 1.50. The van der Waals surface area contributed by atoms with E-state index in [4.69, 9.17) is 21.3 Å². The van der Waals surface area contributed by atoms with Gasteiger partial charge in [-0.2, -0.15) is 0 Å². The maximum atomic E-state index is 13.0. The number of hydrogen-bond acceptors (Lipinski definition) is 8. The molecule has 2 aromatic heterocycles. The van der Waals surface area contributed by atoms with Crippen molar-refractivity contribution in [2.24, 2.45) is 5.14 Å². The summed E-state index contributed by atoms with van der Waals surface area (Å²) in [5, 5.41) is 12.9. The van der Waals surface area contributed by atoms with Crippen LogP contribution < -0.4 is 15.2 Å². The first-order chi connectivity index (χ1) is 14.7. The smallest absolute Gasteiger partial charge is 0.267 e. The van der Waals surface area contributed by atoms with Crippen LogP contribution in [0.3, 0.4) is 0 Å². The van der Waals surface area contributed by atoms with Crippen molar-refractivity contribution >= 4 is 60.4 Å². The first kappa shape index (κ1) is 24.2. The Morgan fingerprint density at radius 1 is 1.16 bits per heavy atom. The molecular formula is C18H19ClN4O6S3. The number of hydrogen-bond donors (Lipinski definition) is 3. The molecule has 0 aliphatic rings. The van der Waals surface area contributed by atoms with Gasteiger partial charge < -0.3 is 9.84 Å². The Bertz CT molecular complexity index is 1440. The van der Waals surface area contributed by atoms with Gasteiger partial charge in [0, 0.05) is 5.69 Å². The second-order valence-corrected chi connectivity index (χ2v) is 11.4. The fourth-order valence-electron chi connectivity index (χ4n) is 3.25. The highest BCUT2D eigenvalue weighted by Gasteiger charge is 2.28. The van der Waals surface area contributed by atoms with Crippen molar-refractivity contribution in [3.8, 4) is 0 Å². The molecule has 0 radical (unpaired) electrons. The van der Waals surface area contributed by atoms with Gasteiger partial charge in [0.2, 0.25) is 15.8 Å². The zero-order chi connectivity index (χ0) is 24.0. The van der Waals surface area contributed by atoms with Crippen LogP contribution in [0.15, 0.2) is 31.8 Å². The molecule has 0 saturated carbocycles. The Kier molecular flexibility index (Phi) is 6.41. The topological polar surface area (TPSA) is 161 Å². The van der Waals surface area contributed by atoms with Crippen LogP contribution in [0.5, 0.6) is 0 Å². The highest BCUT2D eigenvalue weighted by molar-refractivity contribution is 7.93. The Hall–Kier alpha value is -2.45. The SMILES string of the molecule is Cc1cc(C)c(S(N)(=O)=O)c(C)c1NC(=O)c1sccc1S(=O)(=O)Nc1noc(C)c1Cl. The number of anilines is 2. The normalized spacial score (nSPS) is 12.1. The lowest BCUT2D eigenvalue weighted by atomic mass is 10.0. The average Bonchev–Trinajstić information content (AvgIpc) is 3.27. The van der Waals surface area contributed by atoms with Crippen LogP contribution in [-0.2, 0) is 20.0 Å². The molecule has 0 aliphatic carbocycles. The van der Waals surface area contributed by atoms with Gasteiger partial charge >= 0.3 is 0 Å². The standard InChI is InChI=1S/C18H19ClN4O6S3/c1-8-7-9(2)16(31(20,25)26)10(3)14(8)21-18(24)15-12(5-6-30-15)32(27,28)23-17-13(19)11(4)29-22-17/h5-7H,1-4H3,(H,21,24)(H,22,23)(H2,20,25,26). The summed E-state index contributed by atoms with van der Waals surface area (Å²) in [6.07, 6.45) is 0. The van der Waals surface area contributed by atoms with Gasteiger partial charge in [0.1, 0.15) is 14.8 Å². The predicted octanol–water partition coefficient (Wildman–Crippen LogP) is 3.32. The summed E-state index contributed by atoms with van der Waals surface area (Å²) < 4.78 is 56.7. The van der Waals surface area contributed by atoms with Crippen molar-refractivity contribution in [3.63, 3.8) is 0 Å². The van der Waals surface area contributed by atoms with E-state index < -0.39 is 26.0 Å².